The highest BCUT2D eigenvalue weighted by atomic mass is 19.4. The number of ether oxygens (including phenoxy) is 2. The second-order valence-electron chi connectivity index (χ2n) is 6.42. The van der Waals surface area contributed by atoms with E-state index in [4.69, 9.17) is 9.26 Å². The van der Waals surface area contributed by atoms with Gasteiger partial charge in [0.25, 0.3) is 0 Å². The number of nitrogens with one attached hydrogen (secondary N) is 1. The molecular weight excluding hydrogens is 399 g/mol. The molecule has 3 N–H and O–H groups in total. The van der Waals surface area contributed by atoms with E-state index in [1.54, 1.807) is 0 Å². The molecule has 2 aromatic rings. The Balaban J connectivity index is 1.62. The minimum atomic E-state index is -4.79. The van der Waals surface area contributed by atoms with Crippen LogP contribution >= 0.6 is 0 Å². The lowest BCUT2D eigenvalue weighted by Gasteiger charge is -2.14. The molecule has 0 unspecified atom stereocenters. The summed E-state index contributed by atoms with van der Waals surface area (Å²) in [6.07, 6.45) is -8.83. The fourth-order valence-electron chi connectivity index (χ4n) is 2.84. The zero-order chi connectivity index (χ0) is 21.2. The van der Waals surface area contributed by atoms with Gasteiger partial charge < -0.3 is 29.5 Å². The second kappa shape index (κ2) is 8.35. The van der Waals surface area contributed by atoms with Crippen molar-refractivity contribution in [3.8, 4) is 17.1 Å². The Morgan fingerprint density at radius 2 is 1.86 bits per heavy atom. The summed E-state index contributed by atoms with van der Waals surface area (Å²) in [5.41, 5.74) is 0.394. The topological polar surface area (TPSA) is 127 Å². The molecule has 1 fully saturated rings. The normalized spacial score (nSPS) is 24.5. The predicted octanol–water partition coefficient (Wildman–Crippen LogP) is 0.803. The van der Waals surface area contributed by atoms with E-state index in [1.807, 2.05) is 0 Å². The average Bonchev–Trinajstić information content (AvgIpc) is 3.20. The monoisotopic (exact) mass is 417 g/mol. The smallest absolute Gasteiger partial charge is 0.406 e. The number of carbonyl (C=O) groups is 1. The van der Waals surface area contributed by atoms with Gasteiger partial charge in [-0.05, 0) is 24.3 Å². The van der Waals surface area contributed by atoms with E-state index in [0.717, 1.165) is 12.1 Å². The van der Waals surface area contributed by atoms with Crippen molar-refractivity contribution in [2.45, 2.75) is 44.1 Å². The molecule has 1 aliphatic rings. The predicted molar refractivity (Wildman–Crippen MR) is 89.5 cm³/mol. The van der Waals surface area contributed by atoms with Gasteiger partial charge in [-0.1, -0.05) is 5.16 Å². The molecule has 4 atom stereocenters. The number of benzene rings is 1. The number of aliphatic hydroxyl groups excluding tert-OH is 2. The zero-order valence-corrected chi connectivity index (χ0v) is 15.1. The number of amides is 1. The Morgan fingerprint density at radius 3 is 2.48 bits per heavy atom. The van der Waals surface area contributed by atoms with E-state index in [-0.39, 0.29) is 36.3 Å². The third-order valence-electron chi connectivity index (χ3n) is 4.20. The summed E-state index contributed by atoms with van der Waals surface area (Å²) in [5, 5.41) is 26.4. The standard InChI is InChI=1S/C17H18F3N3O6/c1-8(24)21-7-12-15(26)14(25)11(27-12)6-13-22-16(23-29-13)9-2-4-10(5-3-9)28-17(18,19)20/h2-5,11-12,14-15,25-26H,6-7H2,1H3,(H,21,24)/t11-,12-,14-,15+/m0/s1. The number of hydrogen-bond acceptors (Lipinski definition) is 8. The molecule has 1 saturated heterocycles. The van der Waals surface area contributed by atoms with Gasteiger partial charge in [0, 0.05) is 19.0 Å². The van der Waals surface area contributed by atoms with Crippen molar-refractivity contribution >= 4 is 5.91 Å². The van der Waals surface area contributed by atoms with E-state index < -0.39 is 30.8 Å². The number of halogens is 3. The average molecular weight is 417 g/mol. The van der Waals surface area contributed by atoms with Gasteiger partial charge in [0.05, 0.1) is 12.5 Å². The zero-order valence-electron chi connectivity index (χ0n) is 15.1. The Labute approximate surface area is 162 Å². The number of alkyl halides is 3. The number of aromatic nitrogens is 2. The molecule has 1 aliphatic heterocycles. The highest BCUT2D eigenvalue weighted by Crippen LogP contribution is 2.27. The fraction of sp³-hybridized carbons (Fsp3) is 0.471. The SMILES string of the molecule is CC(=O)NC[C@@H]1O[C@@H](Cc2nc(-c3ccc(OC(F)(F)F)cc3)no2)[C@H](O)[C@@H]1O. The molecule has 1 aromatic carbocycles. The van der Waals surface area contributed by atoms with Gasteiger partial charge in [-0.3, -0.25) is 4.79 Å². The van der Waals surface area contributed by atoms with Gasteiger partial charge >= 0.3 is 6.36 Å². The Bertz CT molecular complexity index is 842. The van der Waals surface area contributed by atoms with Crippen LogP contribution in [0.1, 0.15) is 12.8 Å². The number of aliphatic hydroxyl groups is 2. The Hall–Kier alpha value is -2.70. The van der Waals surface area contributed by atoms with Gasteiger partial charge in [0.2, 0.25) is 17.6 Å². The van der Waals surface area contributed by atoms with Crippen molar-refractivity contribution in [1.29, 1.82) is 0 Å². The van der Waals surface area contributed by atoms with Crippen molar-refractivity contribution in [2.24, 2.45) is 0 Å². The number of nitrogens with zero attached hydrogens (tertiary/aromatic N) is 2. The molecule has 1 amide bonds. The first-order chi connectivity index (χ1) is 13.6. The van der Waals surface area contributed by atoms with Crippen LogP contribution in [0.5, 0.6) is 5.75 Å². The van der Waals surface area contributed by atoms with Crippen molar-refractivity contribution < 1.29 is 42.2 Å². The molecule has 0 bridgehead atoms. The molecule has 3 rings (SSSR count). The van der Waals surface area contributed by atoms with Crippen LogP contribution < -0.4 is 10.1 Å². The summed E-state index contributed by atoms with van der Waals surface area (Å²) < 4.78 is 51.1. The molecule has 0 radical (unpaired) electrons. The molecule has 1 aromatic heterocycles. The third-order valence-corrected chi connectivity index (χ3v) is 4.20. The summed E-state index contributed by atoms with van der Waals surface area (Å²) in [5.74, 6) is -0.452. The molecule has 29 heavy (non-hydrogen) atoms. The van der Waals surface area contributed by atoms with E-state index in [2.05, 4.69) is 20.2 Å². The first-order valence-corrected chi connectivity index (χ1v) is 8.57. The highest BCUT2D eigenvalue weighted by Gasteiger charge is 2.43. The fourth-order valence-corrected chi connectivity index (χ4v) is 2.84. The summed E-state index contributed by atoms with van der Waals surface area (Å²) in [6.45, 7) is 1.35. The lowest BCUT2D eigenvalue weighted by Crippen LogP contribution is -2.39. The number of rotatable bonds is 6. The highest BCUT2D eigenvalue weighted by molar-refractivity contribution is 5.72. The first kappa shape index (κ1) is 21.0. The van der Waals surface area contributed by atoms with Crippen LogP contribution in [0, 0.1) is 0 Å². The summed E-state index contributed by atoms with van der Waals surface area (Å²) in [6, 6.07) is 4.91. The van der Waals surface area contributed by atoms with E-state index >= 15 is 0 Å². The minimum Gasteiger partial charge on any atom is -0.406 e. The maximum absolute atomic E-state index is 12.2. The van der Waals surface area contributed by atoms with Crippen LogP contribution in [0.25, 0.3) is 11.4 Å². The molecule has 0 spiro atoms. The van der Waals surface area contributed by atoms with Crippen LogP contribution in [-0.4, -0.2) is 63.6 Å². The minimum absolute atomic E-state index is 0.00291. The summed E-state index contributed by atoms with van der Waals surface area (Å²) in [7, 11) is 0. The number of carbonyl (C=O) groups excluding carboxylic acids is 1. The molecular formula is C17H18F3N3O6. The van der Waals surface area contributed by atoms with Gasteiger partial charge in [0.1, 0.15) is 24.1 Å². The number of hydrogen-bond donors (Lipinski definition) is 3. The van der Waals surface area contributed by atoms with Crippen molar-refractivity contribution in [3.63, 3.8) is 0 Å². The largest absolute Gasteiger partial charge is 0.573 e. The molecule has 0 saturated carbocycles. The Kier molecular flexibility index (Phi) is 6.05. The first-order valence-electron chi connectivity index (χ1n) is 8.57. The summed E-state index contributed by atoms with van der Waals surface area (Å²) in [4.78, 5) is 15.1. The molecule has 9 nitrogen and oxygen atoms in total. The van der Waals surface area contributed by atoms with E-state index in [0.29, 0.717) is 5.56 Å². The van der Waals surface area contributed by atoms with Crippen LogP contribution in [0.2, 0.25) is 0 Å². The molecule has 2 heterocycles. The van der Waals surface area contributed by atoms with Crippen molar-refractivity contribution in [3.05, 3.63) is 30.2 Å². The van der Waals surface area contributed by atoms with Gasteiger partial charge in [-0.15, -0.1) is 13.2 Å². The van der Waals surface area contributed by atoms with Gasteiger partial charge in [-0.2, -0.15) is 4.98 Å². The van der Waals surface area contributed by atoms with Gasteiger partial charge in [0.15, 0.2) is 0 Å². The van der Waals surface area contributed by atoms with Crippen molar-refractivity contribution in [2.75, 3.05) is 6.54 Å². The lowest BCUT2D eigenvalue weighted by atomic mass is 10.1. The molecule has 0 aliphatic carbocycles. The quantitative estimate of drug-likeness (QED) is 0.630. The van der Waals surface area contributed by atoms with E-state index in [9.17, 15) is 28.2 Å². The van der Waals surface area contributed by atoms with Crippen molar-refractivity contribution in [1.82, 2.24) is 15.5 Å². The maximum Gasteiger partial charge on any atom is 0.573 e. The second-order valence-corrected chi connectivity index (χ2v) is 6.42. The lowest BCUT2D eigenvalue weighted by molar-refractivity contribution is -0.274. The molecule has 158 valence electrons. The summed E-state index contributed by atoms with van der Waals surface area (Å²) >= 11 is 0. The van der Waals surface area contributed by atoms with Crippen LogP contribution in [0.3, 0.4) is 0 Å². The van der Waals surface area contributed by atoms with Crippen LogP contribution in [0.4, 0.5) is 13.2 Å². The van der Waals surface area contributed by atoms with Gasteiger partial charge in [-0.25, -0.2) is 0 Å². The third kappa shape index (κ3) is 5.43. The maximum atomic E-state index is 12.2. The van der Waals surface area contributed by atoms with Crippen LogP contribution in [-0.2, 0) is 16.0 Å². The Morgan fingerprint density at radius 1 is 1.21 bits per heavy atom. The molecule has 12 heteroatoms. The van der Waals surface area contributed by atoms with Crippen LogP contribution in [0.15, 0.2) is 28.8 Å². The van der Waals surface area contributed by atoms with E-state index in [1.165, 1.54) is 19.1 Å².